The first-order chi connectivity index (χ1) is 9.08. The van der Waals surface area contributed by atoms with Crippen molar-refractivity contribution in [2.75, 3.05) is 31.2 Å². The summed E-state index contributed by atoms with van der Waals surface area (Å²) in [5.41, 5.74) is 11.5. The number of likely N-dealkylation sites (tertiary alicyclic amines) is 1. The summed E-state index contributed by atoms with van der Waals surface area (Å²) in [4.78, 5) is 17.7. The van der Waals surface area contributed by atoms with E-state index in [1.807, 2.05) is 0 Å². The molecule has 6 heteroatoms. The van der Waals surface area contributed by atoms with Crippen molar-refractivity contribution in [1.29, 1.82) is 0 Å². The number of carbonyl (C=O) groups excluding carboxylic acids is 1. The van der Waals surface area contributed by atoms with Crippen molar-refractivity contribution in [1.82, 2.24) is 9.88 Å². The van der Waals surface area contributed by atoms with Crippen molar-refractivity contribution >= 4 is 17.4 Å². The van der Waals surface area contributed by atoms with Gasteiger partial charge in [0.1, 0.15) is 5.82 Å². The molecule has 1 fully saturated rings. The molecule has 0 bridgehead atoms. The fourth-order valence-corrected chi connectivity index (χ4v) is 2.40. The molecule has 1 saturated heterocycles. The second-order valence-electron chi connectivity index (χ2n) is 5.03. The number of likely N-dealkylation sites (N-methyl/N-ethyl adjacent to an activating group) is 1. The SMILES string of the molecule is CN1CCCCC1CNc1cc(C(N)=O)c(N)cn1. The average molecular weight is 263 g/mol. The number of aromatic nitrogens is 1. The van der Waals surface area contributed by atoms with Gasteiger partial charge in [0.05, 0.1) is 17.4 Å². The van der Waals surface area contributed by atoms with Crippen LogP contribution >= 0.6 is 0 Å². The Hall–Kier alpha value is -1.82. The van der Waals surface area contributed by atoms with Gasteiger partial charge in [-0.1, -0.05) is 6.42 Å². The zero-order chi connectivity index (χ0) is 13.8. The molecule has 0 spiro atoms. The second kappa shape index (κ2) is 5.88. The van der Waals surface area contributed by atoms with Crippen LogP contribution in [0.2, 0.25) is 0 Å². The van der Waals surface area contributed by atoms with Crippen molar-refractivity contribution < 1.29 is 4.79 Å². The van der Waals surface area contributed by atoms with Gasteiger partial charge in [-0.15, -0.1) is 0 Å². The van der Waals surface area contributed by atoms with Gasteiger partial charge in [0.15, 0.2) is 0 Å². The Bertz CT molecular complexity index is 462. The van der Waals surface area contributed by atoms with Crippen LogP contribution in [0.3, 0.4) is 0 Å². The number of hydrogen-bond donors (Lipinski definition) is 3. The number of carbonyl (C=O) groups is 1. The van der Waals surface area contributed by atoms with Crippen molar-refractivity contribution in [2.24, 2.45) is 5.73 Å². The molecular weight excluding hydrogens is 242 g/mol. The van der Waals surface area contributed by atoms with E-state index in [9.17, 15) is 4.79 Å². The third kappa shape index (κ3) is 3.35. The molecule has 1 aromatic heterocycles. The molecule has 1 aliphatic heterocycles. The van der Waals surface area contributed by atoms with Crippen LogP contribution in [0.25, 0.3) is 0 Å². The van der Waals surface area contributed by atoms with Gasteiger partial charge in [0.25, 0.3) is 5.91 Å². The topological polar surface area (TPSA) is 97.3 Å². The number of pyridine rings is 1. The van der Waals surface area contributed by atoms with Gasteiger partial charge >= 0.3 is 0 Å². The van der Waals surface area contributed by atoms with Gasteiger partial charge in [-0.3, -0.25) is 4.79 Å². The van der Waals surface area contributed by atoms with E-state index < -0.39 is 5.91 Å². The number of anilines is 2. The predicted octanol–water partition coefficient (Wildman–Crippen LogP) is 0.659. The molecule has 1 aliphatic rings. The molecule has 19 heavy (non-hydrogen) atoms. The summed E-state index contributed by atoms with van der Waals surface area (Å²) in [7, 11) is 2.14. The van der Waals surface area contributed by atoms with Crippen molar-refractivity contribution in [3.8, 4) is 0 Å². The van der Waals surface area contributed by atoms with Crippen LogP contribution < -0.4 is 16.8 Å². The van der Waals surface area contributed by atoms with Gasteiger partial charge in [-0.05, 0) is 32.5 Å². The highest BCUT2D eigenvalue weighted by Gasteiger charge is 2.18. The molecule has 1 unspecified atom stereocenters. The molecule has 0 radical (unpaired) electrons. The van der Waals surface area contributed by atoms with E-state index >= 15 is 0 Å². The van der Waals surface area contributed by atoms with Gasteiger partial charge < -0.3 is 21.7 Å². The van der Waals surface area contributed by atoms with Crippen LogP contribution in [0.4, 0.5) is 11.5 Å². The monoisotopic (exact) mass is 263 g/mol. The summed E-state index contributed by atoms with van der Waals surface area (Å²) in [6.45, 7) is 1.94. The van der Waals surface area contributed by atoms with Gasteiger partial charge in [0, 0.05) is 12.6 Å². The molecule has 2 rings (SSSR count). The quantitative estimate of drug-likeness (QED) is 0.741. The number of piperidine rings is 1. The van der Waals surface area contributed by atoms with Gasteiger partial charge in [0.2, 0.25) is 0 Å². The largest absolute Gasteiger partial charge is 0.397 e. The summed E-state index contributed by atoms with van der Waals surface area (Å²) in [5.74, 6) is 0.111. The fourth-order valence-electron chi connectivity index (χ4n) is 2.40. The maximum Gasteiger partial charge on any atom is 0.250 e. The van der Waals surface area contributed by atoms with Crippen LogP contribution in [-0.4, -0.2) is 42.0 Å². The first kappa shape index (κ1) is 13.6. The van der Waals surface area contributed by atoms with Crippen LogP contribution in [0, 0.1) is 0 Å². The van der Waals surface area contributed by atoms with Crippen LogP contribution in [0.5, 0.6) is 0 Å². The number of nitrogen functional groups attached to an aromatic ring is 1. The number of nitrogens with two attached hydrogens (primary N) is 2. The number of nitrogens with one attached hydrogen (secondary N) is 1. The first-order valence-electron chi connectivity index (χ1n) is 6.57. The summed E-state index contributed by atoms with van der Waals surface area (Å²) in [6, 6.07) is 2.12. The zero-order valence-corrected chi connectivity index (χ0v) is 11.2. The van der Waals surface area contributed by atoms with E-state index in [1.165, 1.54) is 25.5 Å². The van der Waals surface area contributed by atoms with E-state index in [-0.39, 0.29) is 0 Å². The molecule has 0 saturated carbocycles. The molecule has 0 aromatic carbocycles. The highest BCUT2D eigenvalue weighted by molar-refractivity contribution is 5.98. The van der Waals surface area contributed by atoms with Gasteiger partial charge in [-0.25, -0.2) is 4.98 Å². The molecule has 1 atom stereocenters. The maximum absolute atomic E-state index is 11.2. The average Bonchev–Trinajstić information content (AvgIpc) is 2.39. The summed E-state index contributed by atoms with van der Waals surface area (Å²) in [5, 5.41) is 3.25. The summed E-state index contributed by atoms with van der Waals surface area (Å²) >= 11 is 0. The molecule has 104 valence electrons. The predicted molar refractivity (Wildman–Crippen MR) is 75.9 cm³/mol. The Morgan fingerprint density at radius 3 is 3.05 bits per heavy atom. The van der Waals surface area contributed by atoms with E-state index in [1.54, 1.807) is 6.07 Å². The Kier molecular flexibility index (Phi) is 4.21. The molecule has 5 N–H and O–H groups in total. The Labute approximate surface area is 113 Å². The number of amides is 1. The third-order valence-corrected chi connectivity index (χ3v) is 3.64. The Balaban J connectivity index is 1.99. The standard InChI is InChI=1S/C13H21N5O/c1-18-5-3-2-4-9(18)7-16-12-6-10(13(15)19)11(14)8-17-12/h6,8-9H,2-5,7,14H2,1H3,(H2,15,19)(H,16,17). The molecule has 2 heterocycles. The van der Waals surface area contributed by atoms with Crippen LogP contribution in [0.15, 0.2) is 12.3 Å². The van der Waals surface area contributed by atoms with Crippen LogP contribution in [-0.2, 0) is 0 Å². The molecule has 1 aromatic rings. The third-order valence-electron chi connectivity index (χ3n) is 3.64. The van der Waals surface area contributed by atoms with Crippen molar-refractivity contribution in [3.63, 3.8) is 0 Å². The number of primary amides is 1. The smallest absolute Gasteiger partial charge is 0.250 e. The van der Waals surface area contributed by atoms with E-state index in [2.05, 4.69) is 22.2 Å². The summed E-state index contributed by atoms with van der Waals surface area (Å²) < 4.78 is 0. The number of nitrogens with zero attached hydrogens (tertiary/aromatic N) is 2. The van der Waals surface area contributed by atoms with E-state index in [0.29, 0.717) is 23.1 Å². The van der Waals surface area contributed by atoms with Gasteiger partial charge in [-0.2, -0.15) is 0 Å². The van der Waals surface area contributed by atoms with E-state index in [4.69, 9.17) is 11.5 Å². The second-order valence-corrected chi connectivity index (χ2v) is 5.03. The summed E-state index contributed by atoms with van der Waals surface area (Å²) in [6.07, 6.45) is 5.17. The lowest BCUT2D eigenvalue weighted by molar-refractivity contribution is 0.100. The highest BCUT2D eigenvalue weighted by atomic mass is 16.1. The lowest BCUT2D eigenvalue weighted by Crippen LogP contribution is -2.40. The lowest BCUT2D eigenvalue weighted by atomic mass is 10.0. The molecule has 1 amide bonds. The number of hydrogen-bond acceptors (Lipinski definition) is 5. The minimum Gasteiger partial charge on any atom is -0.397 e. The number of rotatable bonds is 4. The molecular formula is C13H21N5O. The van der Waals surface area contributed by atoms with Crippen LogP contribution in [0.1, 0.15) is 29.6 Å². The Morgan fingerprint density at radius 2 is 2.37 bits per heavy atom. The Morgan fingerprint density at radius 1 is 1.58 bits per heavy atom. The van der Waals surface area contributed by atoms with Crippen molar-refractivity contribution in [2.45, 2.75) is 25.3 Å². The molecule has 6 nitrogen and oxygen atoms in total. The maximum atomic E-state index is 11.2. The fraction of sp³-hybridized carbons (Fsp3) is 0.538. The van der Waals surface area contributed by atoms with E-state index in [0.717, 1.165) is 13.1 Å². The minimum atomic E-state index is -0.530. The zero-order valence-electron chi connectivity index (χ0n) is 11.2. The normalized spacial score (nSPS) is 20.2. The first-order valence-corrected chi connectivity index (χ1v) is 6.57. The van der Waals surface area contributed by atoms with Crippen molar-refractivity contribution in [3.05, 3.63) is 17.8 Å². The highest BCUT2D eigenvalue weighted by Crippen LogP contribution is 2.17. The molecule has 0 aliphatic carbocycles. The minimum absolute atomic E-state index is 0.313. The lowest BCUT2D eigenvalue weighted by Gasteiger charge is -2.32.